The fraction of sp³-hybridized carbons (Fsp3) is 0.111. The summed E-state index contributed by atoms with van der Waals surface area (Å²) in [5.74, 6) is -1.46. The van der Waals surface area contributed by atoms with Crippen molar-refractivity contribution >= 4 is 67.7 Å². The van der Waals surface area contributed by atoms with Crippen LogP contribution in [0.4, 0.5) is 5.69 Å². The number of azo groups is 1. The van der Waals surface area contributed by atoms with E-state index in [2.05, 4.69) is 10.2 Å². The van der Waals surface area contributed by atoms with Crippen LogP contribution in [0, 0.1) is 0 Å². The number of fused-ring (bicyclic) bond motifs is 2. The van der Waals surface area contributed by atoms with Gasteiger partial charge in [-0.3, -0.25) is 18.2 Å². The van der Waals surface area contributed by atoms with Gasteiger partial charge in [-0.1, -0.05) is 36.4 Å². The highest BCUT2D eigenvalue weighted by Crippen LogP contribution is 2.52. The fourth-order valence-corrected chi connectivity index (χ4v) is 9.18. The average Bonchev–Trinajstić information content (AvgIpc) is 2.97. The zero-order valence-corrected chi connectivity index (χ0v) is 26.8. The Balaban J connectivity index is 1.91. The molecule has 2 unspecified atom stereocenters. The van der Waals surface area contributed by atoms with Crippen molar-refractivity contribution in [2.24, 2.45) is 10.2 Å². The number of phenols is 1. The third kappa shape index (κ3) is 5.57. The summed E-state index contributed by atoms with van der Waals surface area (Å²) in [7, 11) is -20.8. The van der Waals surface area contributed by atoms with Crippen LogP contribution in [0.15, 0.2) is 111 Å². The number of allylic oxidation sites excluding steroid dienone is 1. The van der Waals surface area contributed by atoms with Gasteiger partial charge in [-0.15, -0.1) is 5.11 Å². The van der Waals surface area contributed by atoms with Crippen LogP contribution in [0.2, 0.25) is 0 Å². The lowest BCUT2D eigenvalue weighted by atomic mass is 9.85. The molecule has 20 heteroatoms. The molecule has 5 N–H and O–H groups in total. The smallest absolute Gasteiger partial charge is 0.299 e. The number of benzene rings is 4. The Morgan fingerprint density at radius 1 is 0.723 bits per heavy atom. The minimum absolute atomic E-state index is 0.327. The summed E-state index contributed by atoms with van der Waals surface area (Å²) in [5, 5.41) is 18.3. The van der Waals surface area contributed by atoms with E-state index in [0.717, 1.165) is 37.5 Å². The third-order valence-electron chi connectivity index (χ3n) is 7.46. The maximum absolute atomic E-state index is 13.5. The molecule has 16 nitrogen and oxygen atoms in total. The first-order valence-corrected chi connectivity index (χ1v) is 18.5. The predicted molar refractivity (Wildman–Crippen MR) is 165 cm³/mol. The molecular formula is C27H22N2O14S4. The van der Waals surface area contributed by atoms with E-state index in [-0.39, 0.29) is 16.5 Å². The number of phenolic OH excluding ortho intramolecular Hbond substituents is 1. The van der Waals surface area contributed by atoms with E-state index in [1.54, 1.807) is 18.2 Å². The van der Waals surface area contributed by atoms with E-state index < -0.39 is 76.9 Å². The van der Waals surface area contributed by atoms with Gasteiger partial charge in [0.1, 0.15) is 16.3 Å². The fourth-order valence-electron chi connectivity index (χ4n) is 5.26. The van der Waals surface area contributed by atoms with Gasteiger partial charge in [0.25, 0.3) is 45.3 Å². The highest BCUT2D eigenvalue weighted by atomic mass is 32.2. The van der Waals surface area contributed by atoms with Gasteiger partial charge >= 0.3 is 0 Å². The molecule has 0 saturated heterocycles. The Kier molecular flexibility index (Phi) is 8.09. The van der Waals surface area contributed by atoms with Crippen molar-refractivity contribution < 1.29 is 61.7 Å². The molecule has 0 bridgehead atoms. The van der Waals surface area contributed by atoms with Gasteiger partial charge in [-0.05, 0) is 70.3 Å². The van der Waals surface area contributed by atoms with Crippen molar-refractivity contribution in [1.29, 1.82) is 0 Å². The Morgan fingerprint density at radius 3 is 1.96 bits per heavy atom. The minimum atomic E-state index is -5.88. The lowest BCUT2D eigenvalue weighted by Gasteiger charge is -2.41. The lowest BCUT2D eigenvalue weighted by molar-refractivity contribution is 0.292. The highest BCUT2D eigenvalue weighted by molar-refractivity contribution is 7.91. The van der Waals surface area contributed by atoms with Crippen LogP contribution in [0.5, 0.6) is 5.75 Å². The van der Waals surface area contributed by atoms with Gasteiger partial charge in [0.2, 0.25) is 0 Å². The first-order chi connectivity index (χ1) is 21.7. The van der Waals surface area contributed by atoms with Crippen LogP contribution in [0.1, 0.15) is 5.56 Å². The van der Waals surface area contributed by atoms with Crippen molar-refractivity contribution in [1.82, 2.24) is 0 Å². The third-order valence-corrected chi connectivity index (χ3v) is 12.1. The zero-order chi connectivity index (χ0) is 34.8. The molecule has 0 spiro atoms. The first-order valence-electron chi connectivity index (χ1n) is 12.7. The maximum atomic E-state index is 13.5. The number of aromatic hydroxyl groups is 1. The van der Waals surface area contributed by atoms with E-state index in [9.17, 15) is 57.0 Å². The predicted octanol–water partition coefficient (Wildman–Crippen LogP) is 3.74. The second-order valence-corrected chi connectivity index (χ2v) is 16.1. The summed E-state index contributed by atoms with van der Waals surface area (Å²) in [6.07, 6.45) is 2.02. The summed E-state index contributed by atoms with van der Waals surface area (Å²) in [6, 6.07) is 13.2. The van der Waals surface area contributed by atoms with E-state index in [0.29, 0.717) is 29.0 Å². The van der Waals surface area contributed by atoms with Crippen LogP contribution < -0.4 is 0 Å². The summed E-state index contributed by atoms with van der Waals surface area (Å²) in [4.78, 5) is -5.57. The minimum Gasteiger partial charge on any atom is -0.505 e. The van der Waals surface area contributed by atoms with Crippen LogP contribution in [-0.4, -0.2) is 69.0 Å². The molecule has 4 aromatic rings. The number of methoxy groups -OCH3 is 1. The van der Waals surface area contributed by atoms with Crippen LogP contribution >= 0.6 is 0 Å². The van der Waals surface area contributed by atoms with Crippen molar-refractivity contribution in [3.05, 3.63) is 96.3 Å². The largest absolute Gasteiger partial charge is 0.505 e. The van der Waals surface area contributed by atoms with Gasteiger partial charge in [-0.25, -0.2) is 0 Å². The molecule has 5 rings (SSSR count). The summed E-state index contributed by atoms with van der Waals surface area (Å²) in [5.41, 5.74) is -1.66. The van der Waals surface area contributed by atoms with Crippen molar-refractivity contribution in [3.63, 3.8) is 0 Å². The highest BCUT2D eigenvalue weighted by Gasteiger charge is 2.68. The summed E-state index contributed by atoms with van der Waals surface area (Å²) in [6.45, 7) is 0. The van der Waals surface area contributed by atoms with Crippen molar-refractivity contribution in [2.75, 3.05) is 7.11 Å². The van der Waals surface area contributed by atoms with Crippen LogP contribution in [0.3, 0.4) is 0 Å². The number of ether oxygens (including phenoxy) is 1. The van der Waals surface area contributed by atoms with Gasteiger partial charge in [0.15, 0.2) is 10.5 Å². The van der Waals surface area contributed by atoms with E-state index >= 15 is 0 Å². The monoisotopic (exact) mass is 726 g/mol. The quantitative estimate of drug-likeness (QED) is 0.128. The second kappa shape index (κ2) is 11.2. The molecule has 0 heterocycles. The molecule has 0 aliphatic heterocycles. The summed E-state index contributed by atoms with van der Waals surface area (Å²) >= 11 is 0. The molecule has 248 valence electrons. The lowest BCUT2D eigenvalue weighted by Crippen LogP contribution is -2.58. The maximum Gasteiger partial charge on any atom is 0.299 e. The summed E-state index contributed by atoms with van der Waals surface area (Å²) < 4.78 is 144. The topological polar surface area (TPSA) is 272 Å². The van der Waals surface area contributed by atoms with Crippen LogP contribution in [0.25, 0.3) is 21.5 Å². The number of hydrogen-bond donors (Lipinski definition) is 5. The zero-order valence-electron chi connectivity index (χ0n) is 23.5. The Hall–Kier alpha value is -4.28. The average molecular weight is 727 g/mol. The van der Waals surface area contributed by atoms with Crippen LogP contribution in [-0.2, 0) is 50.0 Å². The Labute approximate surface area is 267 Å². The second-order valence-electron chi connectivity index (χ2n) is 10.1. The Morgan fingerprint density at radius 2 is 1.38 bits per heavy atom. The standard InChI is InChI=1S/C27H22N2O14S4/c1-43-20-10-11-27(47(40,41)42,26(15-20,46(37,38)39)19-7-6-16-4-2-3-5-17(16)12-19)29-28-24-23(45(34,35)36)14-18-13-21(44(31,32)33)8-9-22(18)25(24)30/h2-15,30H,1H3,(H,31,32,33)(H,34,35,36)(H,37,38,39)(H,40,41,42). The molecule has 0 amide bonds. The normalized spacial score (nSPS) is 20.9. The molecule has 0 radical (unpaired) electrons. The molecule has 4 aromatic carbocycles. The first kappa shape index (κ1) is 34.1. The van der Waals surface area contributed by atoms with Crippen molar-refractivity contribution in [3.8, 4) is 5.75 Å². The van der Waals surface area contributed by atoms with Crippen molar-refractivity contribution in [2.45, 2.75) is 19.4 Å². The van der Waals surface area contributed by atoms with E-state index in [1.165, 1.54) is 18.2 Å². The molecule has 1 aliphatic rings. The van der Waals surface area contributed by atoms with E-state index in [4.69, 9.17) is 4.74 Å². The number of rotatable bonds is 8. The number of nitrogens with zero attached hydrogens (tertiary/aromatic N) is 2. The molecule has 0 aromatic heterocycles. The molecule has 1 aliphatic carbocycles. The van der Waals surface area contributed by atoms with Gasteiger partial charge < -0.3 is 9.84 Å². The van der Waals surface area contributed by atoms with Gasteiger partial charge in [-0.2, -0.15) is 38.8 Å². The molecule has 0 saturated carbocycles. The Bertz CT molecular complexity index is 2530. The van der Waals surface area contributed by atoms with E-state index in [1.807, 2.05) is 0 Å². The molecule has 47 heavy (non-hydrogen) atoms. The van der Waals surface area contributed by atoms with Gasteiger partial charge in [0.05, 0.1) is 12.0 Å². The molecular weight excluding hydrogens is 705 g/mol. The molecule has 0 fully saturated rings. The van der Waals surface area contributed by atoms with Gasteiger partial charge in [0, 0.05) is 5.39 Å². The number of hydrogen-bond acceptors (Lipinski definition) is 12. The molecule has 2 atom stereocenters. The SMILES string of the molecule is COC1=CC(c2ccc3ccccc3c2)(S(=O)(=O)O)C(N=Nc2c(S(=O)(=O)O)cc3cc(S(=O)(=O)O)ccc3c2O)(S(=O)(=O)O)C=C1.